The average Bonchev–Trinajstić information content (AvgIpc) is 3.46. The second-order valence-corrected chi connectivity index (χ2v) is 6.98. The Balaban J connectivity index is 1.40. The van der Waals surface area contributed by atoms with Crippen molar-refractivity contribution >= 4 is 11.3 Å². The standard InChI is InChI=1S/C22H14N4OS/c1-2-6-17(7-3-1)22-24-19(14-28-22)15-9-11-16(12-10-15)20-25-21(27-26-20)18-8-4-5-13-23-18/h1-14H. The highest BCUT2D eigenvalue weighted by molar-refractivity contribution is 7.13. The highest BCUT2D eigenvalue weighted by Gasteiger charge is 2.12. The Bertz CT molecular complexity index is 1100. The maximum Gasteiger partial charge on any atom is 0.276 e. The van der Waals surface area contributed by atoms with Gasteiger partial charge in [0.2, 0.25) is 5.82 Å². The van der Waals surface area contributed by atoms with Crippen LogP contribution in [-0.4, -0.2) is 20.1 Å². The van der Waals surface area contributed by atoms with Crippen molar-refractivity contribution in [2.45, 2.75) is 0 Å². The van der Waals surface area contributed by atoms with Gasteiger partial charge >= 0.3 is 0 Å². The third kappa shape index (κ3) is 3.21. The van der Waals surface area contributed by atoms with Gasteiger partial charge in [-0.25, -0.2) is 4.98 Å². The fourth-order valence-corrected chi connectivity index (χ4v) is 3.68. The SMILES string of the molecule is c1ccc(-c2nc(-c3ccc(-c4noc(-c5ccccn5)n4)cc3)cs2)cc1. The monoisotopic (exact) mass is 382 g/mol. The summed E-state index contributed by atoms with van der Waals surface area (Å²) in [5.41, 5.74) is 4.68. The molecule has 2 aromatic carbocycles. The third-order valence-electron chi connectivity index (χ3n) is 4.27. The maximum absolute atomic E-state index is 5.34. The topological polar surface area (TPSA) is 64.7 Å². The van der Waals surface area contributed by atoms with Crippen LogP contribution in [0.2, 0.25) is 0 Å². The lowest BCUT2D eigenvalue weighted by Gasteiger charge is -1.99. The van der Waals surface area contributed by atoms with Gasteiger partial charge in [0.1, 0.15) is 10.7 Å². The van der Waals surface area contributed by atoms with Crippen molar-refractivity contribution in [1.82, 2.24) is 20.1 Å². The van der Waals surface area contributed by atoms with Crippen LogP contribution in [0.3, 0.4) is 0 Å². The molecule has 0 N–H and O–H groups in total. The number of hydrogen-bond donors (Lipinski definition) is 0. The minimum Gasteiger partial charge on any atom is -0.332 e. The second-order valence-electron chi connectivity index (χ2n) is 6.12. The Morgan fingerprint density at radius 2 is 1.46 bits per heavy atom. The molecule has 5 rings (SSSR count). The molecular formula is C22H14N4OS. The first-order valence-electron chi connectivity index (χ1n) is 8.74. The molecule has 0 aliphatic rings. The summed E-state index contributed by atoms with van der Waals surface area (Å²) in [5.74, 6) is 0.946. The molecule has 0 aliphatic heterocycles. The zero-order valence-corrected chi connectivity index (χ0v) is 15.5. The average molecular weight is 382 g/mol. The molecule has 0 atom stereocenters. The lowest BCUT2D eigenvalue weighted by Crippen LogP contribution is -1.84. The maximum atomic E-state index is 5.34. The molecule has 6 heteroatoms. The van der Waals surface area contributed by atoms with E-state index in [0.29, 0.717) is 17.4 Å². The number of hydrogen-bond acceptors (Lipinski definition) is 6. The van der Waals surface area contributed by atoms with E-state index in [9.17, 15) is 0 Å². The van der Waals surface area contributed by atoms with Crippen molar-refractivity contribution in [3.8, 4) is 44.8 Å². The van der Waals surface area contributed by atoms with Crippen LogP contribution in [0.5, 0.6) is 0 Å². The lowest BCUT2D eigenvalue weighted by atomic mass is 10.1. The highest BCUT2D eigenvalue weighted by Crippen LogP contribution is 2.30. The molecule has 0 saturated heterocycles. The van der Waals surface area contributed by atoms with E-state index in [1.54, 1.807) is 17.5 Å². The number of aromatic nitrogens is 4. The van der Waals surface area contributed by atoms with E-state index >= 15 is 0 Å². The predicted molar refractivity (Wildman–Crippen MR) is 110 cm³/mol. The zero-order chi connectivity index (χ0) is 18.8. The zero-order valence-electron chi connectivity index (χ0n) is 14.7. The van der Waals surface area contributed by atoms with Crippen molar-refractivity contribution in [3.05, 3.63) is 84.4 Å². The summed E-state index contributed by atoms with van der Waals surface area (Å²) in [6, 6.07) is 23.8. The number of benzene rings is 2. The fraction of sp³-hybridized carbons (Fsp3) is 0. The van der Waals surface area contributed by atoms with Crippen molar-refractivity contribution in [2.75, 3.05) is 0 Å². The van der Waals surface area contributed by atoms with E-state index in [2.05, 4.69) is 32.6 Å². The van der Waals surface area contributed by atoms with Crippen LogP contribution >= 0.6 is 11.3 Å². The molecule has 134 valence electrons. The normalized spacial score (nSPS) is 10.9. The Kier molecular flexibility index (Phi) is 4.23. The Morgan fingerprint density at radius 3 is 2.25 bits per heavy atom. The number of thiazole rings is 1. The van der Waals surface area contributed by atoms with E-state index in [0.717, 1.165) is 27.4 Å². The van der Waals surface area contributed by atoms with Crippen molar-refractivity contribution < 1.29 is 4.52 Å². The number of pyridine rings is 1. The minimum absolute atomic E-state index is 0.409. The van der Waals surface area contributed by atoms with Crippen LogP contribution in [0.25, 0.3) is 44.8 Å². The molecular weight excluding hydrogens is 368 g/mol. The molecule has 0 aliphatic carbocycles. The molecule has 0 saturated carbocycles. The Morgan fingerprint density at radius 1 is 0.679 bits per heavy atom. The van der Waals surface area contributed by atoms with Crippen LogP contribution in [0.15, 0.2) is 88.9 Å². The van der Waals surface area contributed by atoms with E-state index in [1.807, 2.05) is 60.7 Å². The van der Waals surface area contributed by atoms with Crippen LogP contribution < -0.4 is 0 Å². The second kappa shape index (κ2) is 7.17. The predicted octanol–water partition coefficient (Wildman–Crippen LogP) is 5.59. The lowest BCUT2D eigenvalue weighted by molar-refractivity contribution is 0.431. The largest absolute Gasteiger partial charge is 0.332 e. The molecule has 0 radical (unpaired) electrons. The van der Waals surface area contributed by atoms with Crippen LogP contribution in [0, 0.1) is 0 Å². The molecule has 0 unspecified atom stereocenters. The van der Waals surface area contributed by atoms with Crippen molar-refractivity contribution in [1.29, 1.82) is 0 Å². The molecule has 0 amide bonds. The fourth-order valence-electron chi connectivity index (χ4n) is 2.84. The Hall–Kier alpha value is -3.64. The summed E-state index contributed by atoms with van der Waals surface area (Å²) >= 11 is 1.64. The van der Waals surface area contributed by atoms with Gasteiger partial charge in [-0.05, 0) is 12.1 Å². The summed E-state index contributed by atoms with van der Waals surface area (Å²) < 4.78 is 5.34. The van der Waals surface area contributed by atoms with E-state index in [-0.39, 0.29) is 0 Å². The molecule has 28 heavy (non-hydrogen) atoms. The molecule has 0 spiro atoms. The van der Waals surface area contributed by atoms with Gasteiger partial charge in [0.15, 0.2) is 0 Å². The van der Waals surface area contributed by atoms with E-state index in [4.69, 9.17) is 9.51 Å². The first kappa shape index (κ1) is 16.5. The van der Waals surface area contributed by atoms with Gasteiger partial charge in [0.25, 0.3) is 5.89 Å². The summed E-state index contributed by atoms with van der Waals surface area (Å²) in [6.07, 6.45) is 1.70. The summed E-state index contributed by atoms with van der Waals surface area (Å²) in [5, 5.41) is 7.16. The van der Waals surface area contributed by atoms with Gasteiger partial charge in [-0.1, -0.05) is 65.8 Å². The van der Waals surface area contributed by atoms with Crippen LogP contribution in [0.1, 0.15) is 0 Å². The van der Waals surface area contributed by atoms with Crippen molar-refractivity contribution in [2.24, 2.45) is 0 Å². The molecule has 3 heterocycles. The minimum atomic E-state index is 0.409. The highest BCUT2D eigenvalue weighted by atomic mass is 32.1. The molecule has 3 aromatic heterocycles. The Labute approximate surface area is 165 Å². The number of nitrogens with zero attached hydrogens (tertiary/aromatic N) is 4. The number of rotatable bonds is 4. The summed E-state index contributed by atoms with van der Waals surface area (Å²) in [6.45, 7) is 0. The van der Waals surface area contributed by atoms with Gasteiger partial charge in [-0.15, -0.1) is 11.3 Å². The van der Waals surface area contributed by atoms with Gasteiger partial charge in [-0.3, -0.25) is 4.98 Å². The molecule has 0 fully saturated rings. The third-order valence-corrected chi connectivity index (χ3v) is 5.17. The molecule has 5 aromatic rings. The quantitative estimate of drug-likeness (QED) is 0.405. The van der Waals surface area contributed by atoms with Gasteiger partial charge in [0, 0.05) is 28.3 Å². The molecule has 0 bridgehead atoms. The van der Waals surface area contributed by atoms with Gasteiger partial charge in [0.05, 0.1) is 5.69 Å². The smallest absolute Gasteiger partial charge is 0.276 e. The molecule has 5 nitrogen and oxygen atoms in total. The van der Waals surface area contributed by atoms with Crippen molar-refractivity contribution in [3.63, 3.8) is 0 Å². The van der Waals surface area contributed by atoms with Crippen LogP contribution in [0.4, 0.5) is 0 Å². The van der Waals surface area contributed by atoms with Gasteiger partial charge in [-0.2, -0.15) is 4.98 Å². The van der Waals surface area contributed by atoms with Crippen LogP contribution in [-0.2, 0) is 0 Å². The first-order chi connectivity index (χ1) is 13.9. The van der Waals surface area contributed by atoms with Gasteiger partial charge < -0.3 is 4.52 Å². The first-order valence-corrected chi connectivity index (χ1v) is 9.62. The van der Waals surface area contributed by atoms with E-state index in [1.165, 1.54) is 0 Å². The van der Waals surface area contributed by atoms with E-state index < -0.39 is 0 Å². The summed E-state index contributed by atoms with van der Waals surface area (Å²) in [7, 11) is 0. The summed E-state index contributed by atoms with van der Waals surface area (Å²) in [4.78, 5) is 13.4.